The molecule has 6 nitrogen and oxygen atoms in total. The predicted octanol–water partition coefficient (Wildman–Crippen LogP) is 2.43. The van der Waals surface area contributed by atoms with Gasteiger partial charge in [0.15, 0.2) is 5.96 Å². The Balaban J connectivity index is 0.00000225. The zero-order valence-electron chi connectivity index (χ0n) is 17.6. The summed E-state index contributed by atoms with van der Waals surface area (Å²) in [5.74, 6) is 0.985. The van der Waals surface area contributed by atoms with E-state index in [4.69, 9.17) is 4.74 Å². The van der Waals surface area contributed by atoms with Crippen LogP contribution < -0.4 is 10.6 Å². The number of aliphatic imine (C=N–C) groups is 1. The van der Waals surface area contributed by atoms with Crippen molar-refractivity contribution in [3.05, 3.63) is 0 Å². The zero-order valence-corrected chi connectivity index (χ0v) is 20.0. The van der Waals surface area contributed by atoms with Crippen molar-refractivity contribution in [2.24, 2.45) is 4.99 Å². The van der Waals surface area contributed by atoms with Gasteiger partial charge in [-0.1, -0.05) is 12.8 Å². The van der Waals surface area contributed by atoms with Crippen molar-refractivity contribution in [2.75, 3.05) is 53.0 Å². The van der Waals surface area contributed by atoms with Crippen molar-refractivity contribution in [3.63, 3.8) is 0 Å². The number of hydrogen-bond donors (Lipinski definition) is 2. The van der Waals surface area contributed by atoms with Gasteiger partial charge in [0.05, 0.1) is 0 Å². The van der Waals surface area contributed by atoms with Gasteiger partial charge in [-0.05, 0) is 58.0 Å². The van der Waals surface area contributed by atoms with E-state index < -0.39 is 0 Å². The average molecular weight is 505 g/mol. The second-order valence-electron chi connectivity index (χ2n) is 9.02. The molecule has 28 heavy (non-hydrogen) atoms. The molecule has 0 bridgehead atoms. The molecule has 4 fully saturated rings. The molecule has 0 aromatic rings. The van der Waals surface area contributed by atoms with Gasteiger partial charge < -0.3 is 15.4 Å². The second-order valence-corrected chi connectivity index (χ2v) is 9.02. The highest BCUT2D eigenvalue weighted by atomic mass is 127. The van der Waals surface area contributed by atoms with Gasteiger partial charge in [0, 0.05) is 57.5 Å². The first-order valence-corrected chi connectivity index (χ1v) is 11.3. The monoisotopic (exact) mass is 505 g/mol. The third-order valence-corrected chi connectivity index (χ3v) is 7.41. The molecule has 0 amide bonds. The van der Waals surface area contributed by atoms with E-state index in [0.29, 0.717) is 6.04 Å². The SMILES string of the molecule is CN=C(NCC1(N2CCCC2)CCOCC1)NC1CCN(C2CCCC2)C1.I. The highest BCUT2D eigenvalue weighted by molar-refractivity contribution is 14.0. The number of guanidine groups is 1. The quantitative estimate of drug-likeness (QED) is 0.342. The molecule has 162 valence electrons. The molecule has 3 saturated heterocycles. The Labute approximate surface area is 188 Å². The number of nitrogens with zero attached hydrogens (tertiary/aromatic N) is 3. The van der Waals surface area contributed by atoms with E-state index in [1.165, 1.54) is 71.1 Å². The van der Waals surface area contributed by atoms with Crippen molar-refractivity contribution in [2.45, 2.75) is 75.4 Å². The summed E-state index contributed by atoms with van der Waals surface area (Å²) in [6.07, 6.45) is 11.8. The first-order chi connectivity index (χ1) is 13.3. The predicted molar refractivity (Wildman–Crippen MR) is 126 cm³/mol. The summed E-state index contributed by atoms with van der Waals surface area (Å²) in [7, 11) is 1.91. The number of hydrogen-bond acceptors (Lipinski definition) is 4. The lowest BCUT2D eigenvalue weighted by Crippen LogP contribution is -2.59. The number of ether oxygens (including phenoxy) is 1. The van der Waals surface area contributed by atoms with Gasteiger partial charge in [0.25, 0.3) is 0 Å². The minimum atomic E-state index is 0. The molecule has 2 N–H and O–H groups in total. The summed E-state index contributed by atoms with van der Waals surface area (Å²) in [5, 5.41) is 7.41. The zero-order chi connectivity index (χ0) is 18.5. The first kappa shape index (κ1) is 22.6. The van der Waals surface area contributed by atoms with Gasteiger partial charge in [-0.3, -0.25) is 14.8 Å². The molecule has 0 radical (unpaired) electrons. The highest BCUT2D eigenvalue weighted by Gasteiger charge is 2.40. The van der Waals surface area contributed by atoms with Crippen LogP contribution in [0.4, 0.5) is 0 Å². The molecule has 0 aromatic heterocycles. The van der Waals surface area contributed by atoms with Crippen molar-refractivity contribution in [1.29, 1.82) is 0 Å². The topological polar surface area (TPSA) is 52.1 Å². The van der Waals surface area contributed by atoms with E-state index in [-0.39, 0.29) is 29.5 Å². The third-order valence-electron chi connectivity index (χ3n) is 7.41. The fourth-order valence-electron chi connectivity index (χ4n) is 5.69. The van der Waals surface area contributed by atoms with Crippen molar-refractivity contribution in [1.82, 2.24) is 20.4 Å². The van der Waals surface area contributed by atoms with E-state index in [1.807, 2.05) is 7.05 Å². The van der Waals surface area contributed by atoms with Crippen LogP contribution in [0.25, 0.3) is 0 Å². The highest BCUT2D eigenvalue weighted by Crippen LogP contribution is 2.31. The summed E-state index contributed by atoms with van der Waals surface area (Å²) in [4.78, 5) is 9.97. The number of rotatable bonds is 5. The molecule has 4 aliphatic rings. The van der Waals surface area contributed by atoms with E-state index in [1.54, 1.807) is 0 Å². The molecule has 1 saturated carbocycles. The Morgan fingerprint density at radius 1 is 1.04 bits per heavy atom. The Kier molecular flexibility index (Phi) is 8.68. The third kappa shape index (κ3) is 5.32. The Hall–Kier alpha value is -0.120. The van der Waals surface area contributed by atoms with E-state index in [9.17, 15) is 0 Å². The van der Waals surface area contributed by atoms with Crippen molar-refractivity contribution in [3.8, 4) is 0 Å². The molecule has 7 heteroatoms. The van der Waals surface area contributed by atoms with Crippen LogP contribution in [0.3, 0.4) is 0 Å². The minimum absolute atomic E-state index is 0. The summed E-state index contributed by atoms with van der Waals surface area (Å²) in [6.45, 7) is 7.67. The smallest absolute Gasteiger partial charge is 0.191 e. The van der Waals surface area contributed by atoms with Gasteiger partial charge in [-0.25, -0.2) is 0 Å². The maximum Gasteiger partial charge on any atom is 0.191 e. The van der Waals surface area contributed by atoms with Crippen LogP contribution in [0.2, 0.25) is 0 Å². The van der Waals surface area contributed by atoms with Gasteiger partial charge in [-0.2, -0.15) is 0 Å². The van der Waals surface area contributed by atoms with Gasteiger partial charge >= 0.3 is 0 Å². The van der Waals surface area contributed by atoms with Gasteiger partial charge in [0.1, 0.15) is 0 Å². The molecule has 1 atom stereocenters. The van der Waals surface area contributed by atoms with E-state index >= 15 is 0 Å². The number of halogens is 1. The molecule has 4 rings (SSSR count). The second kappa shape index (κ2) is 10.8. The lowest BCUT2D eigenvalue weighted by Gasteiger charge is -2.45. The molecular weight excluding hydrogens is 465 g/mol. The fraction of sp³-hybridized carbons (Fsp3) is 0.952. The van der Waals surface area contributed by atoms with Crippen LogP contribution in [-0.4, -0.2) is 86.4 Å². The minimum Gasteiger partial charge on any atom is -0.381 e. The van der Waals surface area contributed by atoms with Crippen molar-refractivity contribution >= 4 is 29.9 Å². The summed E-state index contributed by atoms with van der Waals surface area (Å²) >= 11 is 0. The van der Waals surface area contributed by atoms with Gasteiger partial charge in [-0.15, -0.1) is 24.0 Å². The van der Waals surface area contributed by atoms with Crippen LogP contribution in [-0.2, 0) is 4.74 Å². The van der Waals surface area contributed by atoms with Crippen LogP contribution in [0.5, 0.6) is 0 Å². The van der Waals surface area contributed by atoms with E-state index in [0.717, 1.165) is 44.6 Å². The summed E-state index contributed by atoms with van der Waals surface area (Å²) in [6, 6.07) is 1.38. The van der Waals surface area contributed by atoms with E-state index in [2.05, 4.69) is 25.4 Å². The number of nitrogens with one attached hydrogen (secondary N) is 2. The molecule has 1 unspecified atom stereocenters. The Morgan fingerprint density at radius 3 is 2.43 bits per heavy atom. The average Bonchev–Trinajstić information content (AvgIpc) is 3.48. The molecule has 3 heterocycles. The standard InChI is InChI=1S/C21H39N5O.HI/c1-22-20(24-18-8-13-25(16-18)19-6-2-3-7-19)23-17-21(9-14-27-15-10-21)26-11-4-5-12-26;/h18-19H,2-17H2,1H3,(H2,22,23,24);1H. The first-order valence-electron chi connectivity index (χ1n) is 11.3. The van der Waals surface area contributed by atoms with Crippen LogP contribution in [0.15, 0.2) is 4.99 Å². The molecule has 1 aliphatic carbocycles. The lowest BCUT2D eigenvalue weighted by molar-refractivity contribution is -0.0164. The maximum atomic E-state index is 5.68. The van der Waals surface area contributed by atoms with Crippen LogP contribution >= 0.6 is 24.0 Å². The van der Waals surface area contributed by atoms with Gasteiger partial charge in [0.2, 0.25) is 0 Å². The molecular formula is C21H40IN5O. The fourth-order valence-corrected chi connectivity index (χ4v) is 5.69. The summed E-state index contributed by atoms with van der Waals surface area (Å²) in [5.41, 5.74) is 0.248. The molecule has 0 aromatic carbocycles. The summed E-state index contributed by atoms with van der Waals surface area (Å²) < 4.78 is 5.68. The lowest BCUT2D eigenvalue weighted by atomic mass is 9.88. The molecule has 0 spiro atoms. The van der Waals surface area contributed by atoms with Crippen molar-refractivity contribution < 1.29 is 4.74 Å². The Bertz CT molecular complexity index is 499. The number of likely N-dealkylation sites (tertiary alicyclic amines) is 2. The van der Waals surface area contributed by atoms with Crippen LogP contribution in [0, 0.1) is 0 Å². The normalized spacial score (nSPS) is 29.8. The molecule has 3 aliphatic heterocycles. The van der Waals surface area contributed by atoms with Crippen LogP contribution in [0.1, 0.15) is 57.8 Å². The maximum absolute atomic E-state index is 5.68. The Morgan fingerprint density at radius 2 is 1.75 bits per heavy atom. The largest absolute Gasteiger partial charge is 0.381 e.